The number of halogens is 3. The SMILES string of the molecule is NCc1cc2c(nc1OCCC(F)(F)F)CCCC2. The normalized spacial score (nSPS) is 15.2. The summed E-state index contributed by atoms with van der Waals surface area (Å²) in [5.74, 6) is 0.257. The van der Waals surface area contributed by atoms with Crippen LogP contribution in [0.15, 0.2) is 6.07 Å². The van der Waals surface area contributed by atoms with E-state index in [1.165, 1.54) is 0 Å². The number of aryl methyl sites for hydroxylation is 2. The molecule has 6 heteroatoms. The van der Waals surface area contributed by atoms with Crippen molar-refractivity contribution in [2.24, 2.45) is 5.73 Å². The largest absolute Gasteiger partial charge is 0.477 e. The summed E-state index contributed by atoms with van der Waals surface area (Å²) in [4.78, 5) is 4.33. The van der Waals surface area contributed by atoms with Gasteiger partial charge in [0.1, 0.15) is 0 Å². The lowest BCUT2D eigenvalue weighted by molar-refractivity contribution is -0.139. The third-order valence-corrected chi connectivity index (χ3v) is 3.18. The molecule has 0 saturated heterocycles. The van der Waals surface area contributed by atoms with Crippen LogP contribution in [0, 0.1) is 0 Å². The molecule has 0 fully saturated rings. The minimum atomic E-state index is -4.21. The highest BCUT2D eigenvalue weighted by Crippen LogP contribution is 2.26. The number of rotatable bonds is 4. The molecule has 0 radical (unpaired) electrons. The lowest BCUT2D eigenvalue weighted by Crippen LogP contribution is -2.16. The number of pyridine rings is 1. The molecule has 0 unspecified atom stereocenters. The van der Waals surface area contributed by atoms with E-state index in [1.54, 1.807) is 0 Å². The third kappa shape index (κ3) is 3.83. The fraction of sp³-hybridized carbons (Fsp3) is 0.615. The Morgan fingerprint density at radius 3 is 2.68 bits per heavy atom. The summed E-state index contributed by atoms with van der Waals surface area (Å²) < 4.78 is 41.4. The second-order valence-corrected chi connectivity index (χ2v) is 4.68. The first-order chi connectivity index (χ1) is 8.99. The smallest absolute Gasteiger partial charge is 0.392 e. The van der Waals surface area contributed by atoms with Crippen LogP contribution in [0.2, 0.25) is 0 Å². The summed E-state index contributed by atoms with van der Waals surface area (Å²) in [6.45, 7) is -0.191. The van der Waals surface area contributed by atoms with Gasteiger partial charge in [-0.2, -0.15) is 13.2 Å². The minimum absolute atomic E-state index is 0.224. The number of nitrogens with two attached hydrogens (primary N) is 1. The van der Waals surface area contributed by atoms with Crippen LogP contribution in [0.3, 0.4) is 0 Å². The number of hydrogen-bond donors (Lipinski definition) is 1. The Labute approximate surface area is 110 Å². The molecule has 1 aliphatic carbocycles. The van der Waals surface area contributed by atoms with Crippen molar-refractivity contribution in [3.63, 3.8) is 0 Å². The summed E-state index contributed by atoms with van der Waals surface area (Å²) >= 11 is 0. The van der Waals surface area contributed by atoms with Gasteiger partial charge in [-0.3, -0.25) is 0 Å². The molecular formula is C13H17F3N2O. The van der Waals surface area contributed by atoms with E-state index >= 15 is 0 Å². The van der Waals surface area contributed by atoms with E-state index in [0.717, 1.165) is 36.9 Å². The summed E-state index contributed by atoms with van der Waals surface area (Å²) in [6, 6.07) is 1.92. The molecule has 0 aliphatic heterocycles. The van der Waals surface area contributed by atoms with Gasteiger partial charge < -0.3 is 10.5 Å². The van der Waals surface area contributed by atoms with E-state index in [1.807, 2.05) is 6.07 Å². The lowest BCUT2D eigenvalue weighted by Gasteiger charge is -2.18. The highest BCUT2D eigenvalue weighted by atomic mass is 19.4. The number of nitrogens with zero attached hydrogens (tertiary/aromatic N) is 1. The van der Waals surface area contributed by atoms with Crippen LogP contribution in [0.5, 0.6) is 5.88 Å². The molecule has 2 rings (SSSR count). The van der Waals surface area contributed by atoms with E-state index in [0.29, 0.717) is 5.56 Å². The molecule has 1 aromatic rings. The summed E-state index contributed by atoms with van der Waals surface area (Å²) in [5.41, 5.74) is 8.37. The molecule has 1 aromatic heterocycles. The van der Waals surface area contributed by atoms with Gasteiger partial charge in [0.05, 0.1) is 13.0 Å². The molecule has 0 bridgehead atoms. The molecule has 3 nitrogen and oxygen atoms in total. The zero-order valence-electron chi connectivity index (χ0n) is 10.6. The Morgan fingerprint density at radius 1 is 1.26 bits per heavy atom. The van der Waals surface area contributed by atoms with Crippen LogP contribution in [-0.2, 0) is 19.4 Å². The van der Waals surface area contributed by atoms with Crippen LogP contribution < -0.4 is 10.5 Å². The predicted octanol–water partition coefficient (Wildman–Crippen LogP) is 2.75. The molecule has 19 heavy (non-hydrogen) atoms. The molecule has 1 heterocycles. The number of aromatic nitrogens is 1. The zero-order valence-corrected chi connectivity index (χ0v) is 10.6. The van der Waals surface area contributed by atoms with Crippen molar-refractivity contribution in [1.29, 1.82) is 0 Å². The first-order valence-electron chi connectivity index (χ1n) is 6.41. The Kier molecular flexibility index (Phi) is 4.29. The first-order valence-corrected chi connectivity index (χ1v) is 6.41. The molecular weight excluding hydrogens is 257 g/mol. The van der Waals surface area contributed by atoms with E-state index in [9.17, 15) is 13.2 Å². The van der Waals surface area contributed by atoms with Crippen molar-refractivity contribution in [3.05, 3.63) is 22.9 Å². The highest BCUT2D eigenvalue weighted by Gasteiger charge is 2.27. The van der Waals surface area contributed by atoms with Crippen molar-refractivity contribution in [2.45, 2.75) is 44.8 Å². The van der Waals surface area contributed by atoms with Gasteiger partial charge in [0.2, 0.25) is 5.88 Å². The van der Waals surface area contributed by atoms with Gasteiger partial charge in [-0.05, 0) is 37.3 Å². The predicted molar refractivity (Wildman–Crippen MR) is 64.9 cm³/mol. The highest BCUT2D eigenvalue weighted by molar-refractivity contribution is 5.35. The van der Waals surface area contributed by atoms with E-state index in [-0.39, 0.29) is 12.4 Å². The molecule has 2 N–H and O–H groups in total. The second kappa shape index (κ2) is 5.77. The molecule has 0 aromatic carbocycles. The maximum absolute atomic E-state index is 12.1. The number of alkyl halides is 3. The van der Waals surface area contributed by atoms with E-state index in [2.05, 4.69) is 4.98 Å². The fourth-order valence-electron chi connectivity index (χ4n) is 2.20. The summed E-state index contributed by atoms with van der Waals surface area (Å²) in [6.07, 6.45) is -1.20. The average Bonchev–Trinajstić information content (AvgIpc) is 2.36. The van der Waals surface area contributed by atoms with Gasteiger partial charge in [0, 0.05) is 17.8 Å². The number of fused-ring (bicyclic) bond motifs is 1. The topological polar surface area (TPSA) is 48.1 Å². The second-order valence-electron chi connectivity index (χ2n) is 4.68. The molecule has 0 atom stereocenters. The Bertz CT molecular complexity index is 446. The fourth-order valence-corrected chi connectivity index (χ4v) is 2.20. The van der Waals surface area contributed by atoms with Gasteiger partial charge in [-0.1, -0.05) is 0 Å². The molecule has 0 amide bonds. The van der Waals surface area contributed by atoms with Crippen molar-refractivity contribution in [1.82, 2.24) is 4.98 Å². The zero-order chi connectivity index (χ0) is 13.9. The average molecular weight is 274 g/mol. The van der Waals surface area contributed by atoms with Gasteiger partial charge in [0.25, 0.3) is 0 Å². The van der Waals surface area contributed by atoms with Gasteiger partial charge >= 0.3 is 6.18 Å². The van der Waals surface area contributed by atoms with Gasteiger partial charge in [-0.25, -0.2) is 4.98 Å². The van der Waals surface area contributed by atoms with Gasteiger partial charge in [0.15, 0.2) is 0 Å². The summed E-state index contributed by atoms with van der Waals surface area (Å²) in [7, 11) is 0. The Balaban J connectivity index is 2.10. The number of ether oxygens (including phenoxy) is 1. The molecule has 0 spiro atoms. The first kappa shape index (κ1) is 14.1. The van der Waals surface area contributed by atoms with Crippen LogP contribution in [0.1, 0.15) is 36.1 Å². The maximum Gasteiger partial charge on any atom is 0.392 e. The molecule has 1 aliphatic rings. The number of hydrogen-bond acceptors (Lipinski definition) is 3. The monoisotopic (exact) mass is 274 g/mol. The molecule has 0 saturated carbocycles. The quantitative estimate of drug-likeness (QED) is 0.918. The van der Waals surface area contributed by atoms with Crippen molar-refractivity contribution in [3.8, 4) is 5.88 Å². The lowest BCUT2D eigenvalue weighted by atomic mass is 9.95. The Hall–Kier alpha value is -1.30. The van der Waals surface area contributed by atoms with Crippen molar-refractivity contribution in [2.75, 3.05) is 6.61 Å². The van der Waals surface area contributed by atoms with E-state index < -0.39 is 19.2 Å². The minimum Gasteiger partial charge on any atom is -0.477 e. The van der Waals surface area contributed by atoms with Crippen LogP contribution in [-0.4, -0.2) is 17.8 Å². The van der Waals surface area contributed by atoms with Gasteiger partial charge in [-0.15, -0.1) is 0 Å². The van der Waals surface area contributed by atoms with Crippen LogP contribution in [0.4, 0.5) is 13.2 Å². The Morgan fingerprint density at radius 2 is 2.00 bits per heavy atom. The standard InChI is InChI=1S/C13H17F3N2O/c14-13(15,16)5-6-19-12-10(8-17)7-9-3-1-2-4-11(9)18-12/h7H,1-6,8,17H2. The van der Waals surface area contributed by atoms with Crippen LogP contribution >= 0.6 is 0 Å². The maximum atomic E-state index is 12.1. The van der Waals surface area contributed by atoms with Crippen molar-refractivity contribution >= 4 is 0 Å². The van der Waals surface area contributed by atoms with Crippen molar-refractivity contribution < 1.29 is 17.9 Å². The van der Waals surface area contributed by atoms with Crippen LogP contribution in [0.25, 0.3) is 0 Å². The molecule has 106 valence electrons. The third-order valence-electron chi connectivity index (χ3n) is 3.18. The summed E-state index contributed by atoms with van der Waals surface area (Å²) in [5, 5.41) is 0. The van der Waals surface area contributed by atoms with E-state index in [4.69, 9.17) is 10.5 Å².